The maximum atomic E-state index is 4.03. The minimum atomic E-state index is -0.186. The molecule has 1 aliphatic rings. The quantitative estimate of drug-likeness (QED) is 0.469. The van der Waals surface area contributed by atoms with Crippen LogP contribution in [0.5, 0.6) is 0 Å². The lowest BCUT2D eigenvalue weighted by atomic mass is 9.90. The lowest BCUT2D eigenvalue weighted by molar-refractivity contribution is 0.378. The molecule has 0 saturated heterocycles. The van der Waals surface area contributed by atoms with Gasteiger partial charge in [0.15, 0.2) is 0 Å². The standard InChI is InChI=1S/C20H21BrN2/c1-14(15-8-3-2-4-9-15)23-20(21)13-7-11-17-16-10-5-6-12-18(16)22-19(17)20/h2-6,8-10,12,14,22-23H,7,11,13H2,1H3/t14-,20?/m0/s1. The van der Waals surface area contributed by atoms with E-state index in [1.54, 1.807) is 0 Å². The van der Waals surface area contributed by atoms with Gasteiger partial charge in [0.05, 0.1) is 5.69 Å². The molecule has 2 N–H and O–H groups in total. The molecule has 0 saturated carbocycles. The van der Waals surface area contributed by atoms with Gasteiger partial charge in [-0.05, 0) is 43.4 Å². The van der Waals surface area contributed by atoms with Gasteiger partial charge < -0.3 is 4.98 Å². The third kappa shape index (κ3) is 2.62. The molecular weight excluding hydrogens is 348 g/mol. The van der Waals surface area contributed by atoms with Crippen LogP contribution in [0.15, 0.2) is 54.6 Å². The Labute approximate surface area is 145 Å². The molecule has 1 aliphatic carbocycles. The van der Waals surface area contributed by atoms with Crippen molar-refractivity contribution in [2.24, 2.45) is 0 Å². The van der Waals surface area contributed by atoms with E-state index in [0.717, 1.165) is 12.8 Å². The number of aryl methyl sites for hydroxylation is 1. The molecule has 0 aliphatic heterocycles. The molecule has 3 heteroatoms. The number of alkyl halides is 1. The second-order valence-corrected chi connectivity index (χ2v) is 7.81. The summed E-state index contributed by atoms with van der Waals surface area (Å²) in [6, 6.07) is 19.5. The van der Waals surface area contributed by atoms with Crippen molar-refractivity contribution < 1.29 is 0 Å². The molecule has 0 amide bonds. The van der Waals surface area contributed by atoms with E-state index in [1.807, 2.05) is 0 Å². The van der Waals surface area contributed by atoms with Gasteiger partial charge in [0.25, 0.3) is 0 Å². The van der Waals surface area contributed by atoms with Crippen LogP contribution in [-0.4, -0.2) is 4.98 Å². The van der Waals surface area contributed by atoms with E-state index in [-0.39, 0.29) is 10.5 Å². The molecule has 0 spiro atoms. The van der Waals surface area contributed by atoms with E-state index in [2.05, 4.69) is 87.8 Å². The van der Waals surface area contributed by atoms with E-state index in [1.165, 1.54) is 34.1 Å². The monoisotopic (exact) mass is 368 g/mol. The highest BCUT2D eigenvalue weighted by molar-refractivity contribution is 9.09. The number of para-hydroxylation sites is 1. The maximum Gasteiger partial charge on any atom is 0.115 e. The lowest BCUT2D eigenvalue weighted by Crippen LogP contribution is -2.41. The molecule has 0 bridgehead atoms. The van der Waals surface area contributed by atoms with Gasteiger partial charge >= 0.3 is 0 Å². The molecule has 2 nitrogen and oxygen atoms in total. The summed E-state index contributed by atoms with van der Waals surface area (Å²) >= 11 is 4.03. The molecule has 1 aromatic heterocycles. The van der Waals surface area contributed by atoms with Crippen molar-refractivity contribution in [2.45, 2.75) is 36.7 Å². The Kier molecular flexibility index (Phi) is 3.78. The van der Waals surface area contributed by atoms with Gasteiger partial charge in [-0.2, -0.15) is 0 Å². The van der Waals surface area contributed by atoms with E-state index in [4.69, 9.17) is 0 Å². The van der Waals surface area contributed by atoms with Crippen LogP contribution in [-0.2, 0) is 10.9 Å². The van der Waals surface area contributed by atoms with Crippen molar-refractivity contribution in [2.75, 3.05) is 0 Å². The first-order chi connectivity index (χ1) is 11.2. The SMILES string of the molecule is C[C@H](NC1(Br)CCCc2c1[nH]c1ccccc21)c1ccccc1. The van der Waals surface area contributed by atoms with Crippen LogP contribution in [0.3, 0.4) is 0 Å². The average molecular weight is 369 g/mol. The minimum Gasteiger partial charge on any atom is -0.356 e. The third-order valence-corrected chi connectivity index (χ3v) is 5.92. The lowest BCUT2D eigenvalue weighted by Gasteiger charge is -2.35. The highest BCUT2D eigenvalue weighted by Gasteiger charge is 2.37. The largest absolute Gasteiger partial charge is 0.356 e. The molecule has 4 rings (SSSR count). The number of benzene rings is 2. The fourth-order valence-corrected chi connectivity index (χ4v) is 4.71. The summed E-state index contributed by atoms with van der Waals surface area (Å²) in [5, 5.41) is 5.18. The summed E-state index contributed by atoms with van der Waals surface area (Å²) in [7, 11) is 0. The topological polar surface area (TPSA) is 27.8 Å². The number of nitrogens with one attached hydrogen (secondary N) is 2. The van der Waals surface area contributed by atoms with E-state index in [9.17, 15) is 0 Å². The highest BCUT2D eigenvalue weighted by Crippen LogP contribution is 2.44. The summed E-state index contributed by atoms with van der Waals surface area (Å²) in [6.45, 7) is 2.23. The highest BCUT2D eigenvalue weighted by atomic mass is 79.9. The average Bonchev–Trinajstić information content (AvgIpc) is 2.96. The van der Waals surface area contributed by atoms with Crippen molar-refractivity contribution in [3.8, 4) is 0 Å². The Hall–Kier alpha value is -1.58. The van der Waals surface area contributed by atoms with Crippen LogP contribution in [0.25, 0.3) is 10.9 Å². The number of aromatic nitrogens is 1. The zero-order valence-corrected chi connectivity index (χ0v) is 14.9. The van der Waals surface area contributed by atoms with E-state index >= 15 is 0 Å². The number of aromatic amines is 1. The van der Waals surface area contributed by atoms with Crippen LogP contribution in [0.4, 0.5) is 0 Å². The zero-order valence-electron chi connectivity index (χ0n) is 13.3. The van der Waals surface area contributed by atoms with Crippen LogP contribution < -0.4 is 5.32 Å². The van der Waals surface area contributed by atoms with Gasteiger partial charge in [-0.25, -0.2) is 0 Å². The first-order valence-electron chi connectivity index (χ1n) is 8.29. The van der Waals surface area contributed by atoms with Gasteiger partial charge in [-0.3, -0.25) is 5.32 Å². The van der Waals surface area contributed by atoms with Crippen LogP contribution in [0.1, 0.15) is 42.6 Å². The Balaban J connectivity index is 1.72. The number of rotatable bonds is 3. The fourth-order valence-electron chi connectivity index (χ4n) is 3.74. The first kappa shape index (κ1) is 15.0. The second kappa shape index (κ2) is 5.81. The van der Waals surface area contributed by atoms with Crippen molar-refractivity contribution >= 4 is 26.8 Å². The predicted octanol–water partition coefficient (Wildman–Crippen LogP) is 5.40. The molecule has 118 valence electrons. The number of fused-ring (bicyclic) bond motifs is 3. The normalized spacial score (nSPS) is 22.0. The molecule has 23 heavy (non-hydrogen) atoms. The third-order valence-electron chi connectivity index (χ3n) is 4.90. The number of hydrogen-bond donors (Lipinski definition) is 2. The summed E-state index contributed by atoms with van der Waals surface area (Å²) < 4.78 is -0.186. The van der Waals surface area contributed by atoms with Crippen LogP contribution in [0, 0.1) is 0 Å². The Morgan fingerprint density at radius 2 is 1.83 bits per heavy atom. The van der Waals surface area contributed by atoms with E-state index < -0.39 is 0 Å². The van der Waals surface area contributed by atoms with Gasteiger partial charge in [-0.1, -0.05) is 64.5 Å². The van der Waals surface area contributed by atoms with Crippen LogP contribution >= 0.6 is 15.9 Å². The maximum absolute atomic E-state index is 4.03. The molecular formula is C20H21BrN2. The minimum absolute atomic E-state index is 0.186. The molecule has 1 heterocycles. The van der Waals surface area contributed by atoms with Crippen LogP contribution in [0.2, 0.25) is 0 Å². The molecule has 1 unspecified atom stereocenters. The van der Waals surface area contributed by atoms with Gasteiger partial charge in [0.2, 0.25) is 0 Å². The van der Waals surface area contributed by atoms with Crippen molar-refractivity contribution in [1.29, 1.82) is 0 Å². The summed E-state index contributed by atoms with van der Waals surface area (Å²) in [4.78, 5) is 3.65. The summed E-state index contributed by atoms with van der Waals surface area (Å²) in [5.41, 5.74) is 5.30. The van der Waals surface area contributed by atoms with Crippen molar-refractivity contribution in [3.63, 3.8) is 0 Å². The fraction of sp³-hybridized carbons (Fsp3) is 0.300. The molecule has 2 aromatic carbocycles. The van der Waals surface area contributed by atoms with E-state index in [0.29, 0.717) is 0 Å². The Morgan fingerprint density at radius 3 is 2.65 bits per heavy atom. The van der Waals surface area contributed by atoms with Gasteiger partial charge in [0, 0.05) is 16.9 Å². The number of H-pyrrole nitrogens is 1. The summed E-state index contributed by atoms with van der Waals surface area (Å²) in [6.07, 6.45) is 3.42. The molecule has 0 fully saturated rings. The Morgan fingerprint density at radius 1 is 1.09 bits per heavy atom. The van der Waals surface area contributed by atoms with Gasteiger partial charge in [0.1, 0.15) is 4.45 Å². The van der Waals surface area contributed by atoms with Gasteiger partial charge in [-0.15, -0.1) is 0 Å². The predicted molar refractivity (Wildman–Crippen MR) is 99.8 cm³/mol. The molecule has 0 radical (unpaired) electrons. The second-order valence-electron chi connectivity index (χ2n) is 6.46. The molecule has 2 atom stereocenters. The number of hydrogen-bond acceptors (Lipinski definition) is 1. The van der Waals surface area contributed by atoms with Crippen molar-refractivity contribution in [1.82, 2.24) is 10.3 Å². The first-order valence-corrected chi connectivity index (χ1v) is 9.08. The molecule has 3 aromatic rings. The smallest absolute Gasteiger partial charge is 0.115 e. The number of halogens is 1. The van der Waals surface area contributed by atoms with Crippen molar-refractivity contribution in [3.05, 3.63) is 71.4 Å². The Bertz CT molecular complexity index is 824. The zero-order chi connectivity index (χ0) is 15.9. The summed E-state index contributed by atoms with van der Waals surface area (Å²) in [5.74, 6) is 0.